The number of ether oxygens (including phenoxy) is 1. The molecule has 1 unspecified atom stereocenters. The molecule has 0 radical (unpaired) electrons. The Morgan fingerprint density at radius 2 is 2.13 bits per heavy atom. The first-order valence-electron chi connectivity index (χ1n) is 7.95. The van der Waals surface area contributed by atoms with Gasteiger partial charge in [-0.25, -0.2) is 0 Å². The van der Waals surface area contributed by atoms with Crippen LogP contribution in [0.15, 0.2) is 34.1 Å². The summed E-state index contributed by atoms with van der Waals surface area (Å²) in [4.78, 5) is 25.6. The van der Waals surface area contributed by atoms with E-state index in [1.807, 2.05) is 6.92 Å². The molecular formula is C16H18N4O3. The maximum absolute atomic E-state index is 13.0. The summed E-state index contributed by atoms with van der Waals surface area (Å²) in [6.07, 6.45) is 5.85. The lowest BCUT2D eigenvalue weighted by Crippen LogP contribution is -2.35. The van der Waals surface area contributed by atoms with E-state index in [2.05, 4.69) is 5.10 Å². The van der Waals surface area contributed by atoms with Crippen LogP contribution in [0, 0.1) is 0 Å². The van der Waals surface area contributed by atoms with Crippen LogP contribution in [-0.4, -0.2) is 25.4 Å². The molecule has 23 heavy (non-hydrogen) atoms. The number of rotatable bonds is 2. The summed E-state index contributed by atoms with van der Waals surface area (Å²) in [6, 6.07) is 3.55. The maximum Gasteiger partial charge on any atom is 0.295 e. The van der Waals surface area contributed by atoms with Gasteiger partial charge in [-0.15, -0.1) is 0 Å². The first kappa shape index (κ1) is 14.2. The van der Waals surface area contributed by atoms with Gasteiger partial charge in [0.05, 0.1) is 11.7 Å². The van der Waals surface area contributed by atoms with E-state index in [0.717, 1.165) is 19.3 Å². The summed E-state index contributed by atoms with van der Waals surface area (Å²) in [6.45, 7) is 2.93. The van der Waals surface area contributed by atoms with Gasteiger partial charge in [0.25, 0.3) is 11.1 Å². The van der Waals surface area contributed by atoms with Crippen molar-refractivity contribution in [3.8, 4) is 0 Å². The number of hydrogen-bond donors (Lipinski definition) is 0. The molecule has 0 aromatic carbocycles. The largest absolute Gasteiger partial charge is 0.356 e. The molecule has 1 atom stereocenters. The van der Waals surface area contributed by atoms with Gasteiger partial charge in [0.15, 0.2) is 6.23 Å². The fraction of sp³-hybridized carbons (Fsp3) is 0.438. The van der Waals surface area contributed by atoms with E-state index in [1.54, 1.807) is 28.9 Å². The van der Waals surface area contributed by atoms with E-state index in [1.165, 1.54) is 9.25 Å². The molecule has 0 aliphatic carbocycles. The van der Waals surface area contributed by atoms with Crippen LogP contribution in [0.2, 0.25) is 0 Å². The molecule has 0 bridgehead atoms. The van der Waals surface area contributed by atoms with Crippen LogP contribution in [0.25, 0.3) is 16.6 Å². The van der Waals surface area contributed by atoms with Crippen LogP contribution in [0.5, 0.6) is 0 Å². The second-order valence-electron chi connectivity index (χ2n) is 5.76. The summed E-state index contributed by atoms with van der Waals surface area (Å²) in [5.41, 5.74) is 1.13. The number of aromatic nitrogens is 4. The Morgan fingerprint density at radius 3 is 2.87 bits per heavy atom. The maximum atomic E-state index is 13.0. The highest BCUT2D eigenvalue weighted by atomic mass is 16.5. The molecule has 4 rings (SSSR count). The molecule has 7 nitrogen and oxygen atoms in total. The van der Waals surface area contributed by atoms with Crippen LogP contribution >= 0.6 is 0 Å². The fourth-order valence-corrected chi connectivity index (χ4v) is 3.31. The van der Waals surface area contributed by atoms with Crippen molar-refractivity contribution < 1.29 is 4.74 Å². The van der Waals surface area contributed by atoms with Gasteiger partial charge in [0.1, 0.15) is 11.0 Å². The zero-order chi connectivity index (χ0) is 16.0. The first-order valence-corrected chi connectivity index (χ1v) is 7.95. The molecule has 7 heteroatoms. The lowest BCUT2D eigenvalue weighted by Gasteiger charge is -2.23. The zero-order valence-corrected chi connectivity index (χ0v) is 12.9. The summed E-state index contributed by atoms with van der Waals surface area (Å²) in [5, 5.41) is 4.31. The summed E-state index contributed by atoms with van der Waals surface area (Å²) in [7, 11) is 0. The smallest absolute Gasteiger partial charge is 0.295 e. The zero-order valence-electron chi connectivity index (χ0n) is 12.9. The molecule has 1 aliphatic heterocycles. The van der Waals surface area contributed by atoms with Gasteiger partial charge < -0.3 is 13.7 Å². The van der Waals surface area contributed by atoms with Crippen molar-refractivity contribution in [2.75, 3.05) is 6.61 Å². The number of aryl methyl sites for hydroxylation is 1. The molecule has 3 aromatic heterocycles. The lowest BCUT2D eigenvalue weighted by atomic mass is 10.2. The van der Waals surface area contributed by atoms with E-state index in [-0.39, 0.29) is 17.3 Å². The third kappa shape index (κ3) is 2.03. The van der Waals surface area contributed by atoms with E-state index in [9.17, 15) is 9.59 Å². The quantitative estimate of drug-likeness (QED) is 0.719. The Kier molecular flexibility index (Phi) is 3.30. The fourth-order valence-electron chi connectivity index (χ4n) is 3.31. The summed E-state index contributed by atoms with van der Waals surface area (Å²) < 4.78 is 10.3. The van der Waals surface area contributed by atoms with Gasteiger partial charge in [0.2, 0.25) is 0 Å². The van der Waals surface area contributed by atoms with Crippen molar-refractivity contribution in [1.29, 1.82) is 0 Å². The van der Waals surface area contributed by atoms with Crippen molar-refractivity contribution in [3.05, 3.63) is 45.2 Å². The third-order valence-electron chi connectivity index (χ3n) is 4.44. The number of nitrogens with zero attached hydrogens (tertiary/aromatic N) is 4. The monoisotopic (exact) mass is 314 g/mol. The van der Waals surface area contributed by atoms with Gasteiger partial charge in [-0.1, -0.05) is 0 Å². The Labute approximate surface area is 131 Å². The van der Waals surface area contributed by atoms with Gasteiger partial charge in [0, 0.05) is 19.3 Å². The highest BCUT2D eigenvalue weighted by molar-refractivity contribution is 5.77. The molecule has 0 N–H and O–H groups in total. The van der Waals surface area contributed by atoms with Crippen LogP contribution < -0.4 is 11.1 Å². The topological polar surface area (TPSA) is 70.5 Å². The molecule has 1 fully saturated rings. The van der Waals surface area contributed by atoms with Gasteiger partial charge in [-0.3, -0.25) is 9.59 Å². The molecule has 120 valence electrons. The molecule has 1 saturated heterocycles. The Hall–Kier alpha value is -2.41. The third-order valence-corrected chi connectivity index (χ3v) is 4.44. The van der Waals surface area contributed by atoms with Crippen molar-refractivity contribution in [2.24, 2.45) is 0 Å². The van der Waals surface area contributed by atoms with E-state index in [4.69, 9.17) is 4.74 Å². The van der Waals surface area contributed by atoms with Crippen LogP contribution in [-0.2, 0) is 11.3 Å². The van der Waals surface area contributed by atoms with Crippen LogP contribution in [0.4, 0.5) is 0 Å². The standard InChI is InChI=1S/C16H18N4O3/c1-2-18-14-12(19-8-5-6-11(19)15(18)21)10-17-20(16(14)22)13-7-3-4-9-23-13/h5-6,8,10,13H,2-4,7,9H2,1H3. The van der Waals surface area contributed by atoms with E-state index >= 15 is 0 Å². The summed E-state index contributed by atoms with van der Waals surface area (Å²) >= 11 is 0. The minimum atomic E-state index is -0.346. The van der Waals surface area contributed by atoms with Crippen molar-refractivity contribution in [3.63, 3.8) is 0 Å². The minimum Gasteiger partial charge on any atom is -0.356 e. The lowest BCUT2D eigenvalue weighted by molar-refractivity contribution is -0.0421. The molecule has 0 saturated carbocycles. The average molecular weight is 314 g/mol. The second-order valence-corrected chi connectivity index (χ2v) is 5.76. The molecule has 0 amide bonds. The minimum absolute atomic E-state index is 0.163. The summed E-state index contributed by atoms with van der Waals surface area (Å²) in [5.74, 6) is 0. The van der Waals surface area contributed by atoms with Crippen molar-refractivity contribution in [1.82, 2.24) is 18.7 Å². The molecule has 1 aliphatic rings. The second kappa shape index (κ2) is 5.34. The van der Waals surface area contributed by atoms with E-state index in [0.29, 0.717) is 29.7 Å². The molecule has 4 heterocycles. The molecule has 3 aromatic rings. The van der Waals surface area contributed by atoms with Gasteiger partial charge in [-0.05, 0) is 38.3 Å². The van der Waals surface area contributed by atoms with E-state index < -0.39 is 0 Å². The van der Waals surface area contributed by atoms with Crippen LogP contribution in [0.3, 0.4) is 0 Å². The Balaban J connectivity index is 2.08. The average Bonchev–Trinajstić information content (AvgIpc) is 3.07. The predicted molar refractivity (Wildman–Crippen MR) is 85.7 cm³/mol. The highest BCUT2D eigenvalue weighted by Crippen LogP contribution is 2.21. The highest BCUT2D eigenvalue weighted by Gasteiger charge is 2.21. The van der Waals surface area contributed by atoms with Crippen molar-refractivity contribution in [2.45, 2.75) is 39.0 Å². The Bertz CT molecular complexity index is 992. The number of fused-ring (bicyclic) bond motifs is 3. The van der Waals surface area contributed by atoms with Crippen LogP contribution in [0.1, 0.15) is 32.4 Å². The SMILES string of the molecule is CCn1c(=O)c2cccn2c2cnn(C3CCCCO3)c(=O)c21. The number of hydrogen-bond acceptors (Lipinski definition) is 4. The van der Waals surface area contributed by atoms with Gasteiger partial charge >= 0.3 is 0 Å². The van der Waals surface area contributed by atoms with Gasteiger partial charge in [-0.2, -0.15) is 9.78 Å². The Morgan fingerprint density at radius 1 is 1.26 bits per heavy atom. The molecular weight excluding hydrogens is 296 g/mol. The first-order chi connectivity index (χ1) is 11.2. The predicted octanol–water partition coefficient (Wildman–Crippen LogP) is 1.53. The normalized spacial score (nSPS) is 18.7. The van der Waals surface area contributed by atoms with Crippen molar-refractivity contribution >= 4 is 16.6 Å². The molecule has 0 spiro atoms.